The molecule has 2 N–H and O–H groups in total. The maximum Gasteiger partial charge on any atom is 0.0798 e. The van der Waals surface area contributed by atoms with E-state index in [1.54, 1.807) is 22.7 Å². The average molecular weight is 224 g/mol. The van der Waals surface area contributed by atoms with Crippen LogP contribution in [0.5, 0.6) is 0 Å². The Bertz CT molecular complexity index is 391. The second kappa shape index (κ2) is 3.81. The highest BCUT2D eigenvalue weighted by Gasteiger charge is 2.16. The molecular weight excluding hydrogens is 212 g/mol. The van der Waals surface area contributed by atoms with Gasteiger partial charge in [-0.3, -0.25) is 0 Å². The molecule has 0 saturated carbocycles. The van der Waals surface area contributed by atoms with Crippen molar-refractivity contribution in [3.63, 3.8) is 0 Å². The summed E-state index contributed by atoms with van der Waals surface area (Å²) in [5.41, 5.74) is 10.4. The van der Waals surface area contributed by atoms with Gasteiger partial charge in [-0.2, -0.15) is 0 Å². The van der Waals surface area contributed by atoms with Crippen LogP contribution in [0.15, 0.2) is 17.0 Å². The number of rotatable bonds is 2. The fourth-order valence-electron chi connectivity index (χ4n) is 1.43. The second-order valence-electron chi connectivity index (χ2n) is 3.25. The molecule has 0 aromatic carbocycles. The largest absolute Gasteiger partial charge is 0.319 e. The summed E-state index contributed by atoms with van der Waals surface area (Å²) in [6.45, 7) is 4.11. The van der Waals surface area contributed by atoms with Crippen molar-refractivity contribution in [2.75, 3.05) is 0 Å². The quantitative estimate of drug-likeness (QED) is 0.852. The normalized spacial score (nSPS) is 13.1. The predicted molar refractivity (Wildman–Crippen MR) is 61.9 cm³/mol. The molecule has 4 heteroatoms. The molecule has 0 bridgehead atoms. The van der Waals surface area contributed by atoms with Crippen molar-refractivity contribution >= 4 is 22.7 Å². The third kappa shape index (κ3) is 1.61. The van der Waals surface area contributed by atoms with E-state index in [0.717, 1.165) is 5.69 Å². The van der Waals surface area contributed by atoms with E-state index in [4.69, 9.17) is 5.73 Å². The van der Waals surface area contributed by atoms with Gasteiger partial charge >= 0.3 is 0 Å². The Morgan fingerprint density at radius 3 is 2.57 bits per heavy atom. The topological polar surface area (TPSA) is 38.9 Å². The Morgan fingerprint density at radius 2 is 2.07 bits per heavy atom. The van der Waals surface area contributed by atoms with E-state index in [9.17, 15) is 0 Å². The van der Waals surface area contributed by atoms with Crippen LogP contribution in [-0.4, -0.2) is 4.98 Å². The van der Waals surface area contributed by atoms with Crippen molar-refractivity contribution in [1.82, 2.24) is 4.98 Å². The Kier molecular flexibility index (Phi) is 2.67. The fourth-order valence-corrected chi connectivity index (χ4v) is 3.26. The maximum atomic E-state index is 6.19. The molecule has 0 spiro atoms. The van der Waals surface area contributed by atoms with E-state index in [2.05, 4.69) is 23.4 Å². The average Bonchev–Trinajstić information content (AvgIpc) is 2.73. The third-order valence-electron chi connectivity index (χ3n) is 2.25. The van der Waals surface area contributed by atoms with Gasteiger partial charge in [-0.1, -0.05) is 0 Å². The van der Waals surface area contributed by atoms with Gasteiger partial charge < -0.3 is 5.73 Å². The van der Waals surface area contributed by atoms with Crippen molar-refractivity contribution in [3.05, 3.63) is 38.0 Å². The molecule has 2 heterocycles. The van der Waals surface area contributed by atoms with Crippen LogP contribution in [-0.2, 0) is 0 Å². The van der Waals surface area contributed by atoms with Crippen molar-refractivity contribution < 1.29 is 0 Å². The standard InChI is InChI=1S/C10H12N2S2/c1-6-3-4-13-9(6)8(11)10-7(2)12-5-14-10/h3-5,8H,11H2,1-2H3. The van der Waals surface area contributed by atoms with Crippen molar-refractivity contribution in [3.8, 4) is 0 Å². The van der Waals surface area contributed by atoms with Gasteiger partial charge in [0.2, 0.25) is 0 Å². The number of nitrogens with two attached hydrogens (primary N) is 1. The zero-order valence-electron chi connectivity index (χ0n) is 8.15. The molecule has 0 aliphatic rings. The SMILES string of the molecule is Cc1ccsc1C(N)c1scnc1C. The maximum absolute atomic E-state index is 6.19. The summed E-state index contributed by atoms with van der Waals surface area (Å²) in [7, 11) is 0. The van der Waals surface area contributed by atoms with Gasteiger partial charge in [0.25, 0.3) is 0 Å². The zero-order chi connectivity index (χ0) is 10.1. The minimum absolute atomic E-state index is 0.00231. The lowest BCUT2D eigenvalue weighted by Gasteiger charge is -2.09. The molecule has 14 heavy (non-hydrogen) atoms. The summed E-state index contributed by atoms with van der Waals surface area (Å²) in [4.78, 5) is 6.64. The van der Waals surface area contributed by atoms with Gasteiger partial charge in [-0.25, -0.2) is 4.98 Å². The van der Waals surface area contributed by atoms with E-state index < -0.39 is 0 Å². The summed E-state index contributed by atoms with van der Waals surface area (Å²) in [5.74, 6) is 0. The molecule has 0 saturated heterocycles. The minimum atomic E-state index is 0.00231. The summed E-state index contributed by atoms with van der Waals surface area (Å²) in [6, 6.07) is 2.11. The summed E-state index contributed by atoms with van der Waals surface area (Å²) >= 11 is 3.35. The highest BCUT2D eigenvalue weighted by molar-refractivity contribution is 7.11. The van der Waals surface area contributed by atoms with Gasteiger partial charge in [-0.15, -0.1) is 22.7 Å². The van der Waals surface area contributed by atoms with E-state index in [0.29, 0.717) is 0 Å². The van der Waals surface area contributed by atoms with E-state index in [1.165, 1.54) is 15.3 Å². The van der Waals surface area contributed by atoms with Gasteiger partial charge in [0.1, 0.15) is 0 Å². The fraction of sp³-hybridized carbons (Fsp3) is 0.300. The first kappa shape index (κ1) is 9.83. The van der Waals surface area contributed by atoms with Crippen LogP contribution in [0.3, 0.4) is 0 Å². The number of thiophene rings is 1. The summed E-state index contributed by atoms with van der Waals surface area (Å²) in [5, 5.41) is 2.08. The Hall–Kier alpha value is -0.710. The van der Waals surface area contributed by atoms with Crippen LogP contribution in [0.2, 0.25) is 0 Å². The number of nitrogens with zero attached hydrogens (tertiary/aromatic N) is 1. The highest BCUT2D eigenvalue weighted by Crippen LogP contribution is 2.30. The first-order valence-corrected chi connectivity index (χ1v) is 6.15. The Morgan fingerprint density at radius 1 is 1.29 bits per heavy atom. The molecule has 1 atom stereocenters. The monoisotopic (exact) mass is 224 g/mol. The number of aromatic nitrogens is 1. The van der Waals surface area contributed by atoms with Crippen LogP contribution < -0.4 is 5.73 Å². The van der Waals surface area contributed by atoms with Crippen LogP contribution in [0.25, 0.3) is 0 Å². The van der Waals surface area contributed by atoms with E-state index >= 15 is 0 Å². The molecular formula is C10H12N2S2. The zero-order valence-corrected chi connectivity index (χ0v) is 9.78. The van der Waals surface area contributed by atoms with Crippen LogP contribution in [0.4, 0.5) is 0 Å². The van der Waals surface area contributed by atoms with Crippen LogP contribution in [0, 0.1) is 13.8 Å². The number of aryl methyl sites for hydroxylation is 2. The first-order chi connectivity index (χ1) is 6.70. The van der Waals surface area contributed by atoms with Crippen molar-refractivity contribution in [2.45, 2.75) is 19.9 Å². The van der Waals surface area contributed by atoms with Crippen LogP contribution >= 0.6 is 22.7 Å². The molecule has 2 rings (SSSR count). The second-order valence-corrected chi connectivity index (χ2v) is 5.08. The smallest absolute Gasteiger partial charge is 0.0798 e. The lowest BCUT2D eigenvalue weighted by Crippen LogP contribution is -2.10. The Labute approximate surface area is 91.4 Å². The predicted octanol–water partition coefficient (Wildman–Crippen LogP) is 2.87. The molecule has 2 aromatic rings. The van der Waals surface area contributed by atoms with Gasteiger partial charge in [0.05, 0.1) is 17.2 Å². The van der Waals surface area contributed by atoms with Gasteiger partial charge in [-0.05, 0) is 30.9 Å². The lowest BCUT2D eigenvalue weighted by atomic mass is 10.1. The molecule has 0 radical (unpaired) electrons. The minimum Gasteiger partial charge on any atom is -0.319 e. The summed E-state index contributed by atoms with van der Waals surface area (Å²) < 4.78 is 0. The van der Waals surface area contributed by atoms with Crippen LogP contribution in [0.1, 0.15) is 27.1 Å². The Balaban J connectivity index is 2.38. The van der Waals surface area contributed by atoms with E-state index in [-0.39, 0.29) is 6.04 Å². The molecule has 0 aliphatic carbocycles. The first-order valence-electron chi connectivity index (χ1n) is 4.39. The number of hydrogen-bond donors (Lipinski definition) is 1. The molecule has 0 amide bonds. The number of thiazole rings is 1. The molecule has 0 fully saturated rings. The van der Waals surface area contributed by atoms with E-state index in [1.807, 2.05) is 12.4 Å². The molecule has 2 nitrogen and oxygen atoms in total. The van der Waals surface area contributed by atoms with Crippen molar-refractivity contribution in [2.24, 2.45) is 5.73 Å². The molecule has 74 valence electrons. The van der Waals surface area contributed by atoms with Gasteiger partial charge in [0, 0.05) is 9.75 Å². The highest BCUT2D eigenvalue weighted by atomic mass is 32.1. The van der Waals surface area contributed by atoms with Gasteiger partial charge in [0.15, 0.2) is 0 Å². The molecule has 1 unspecified atom stereocenters. The van der Waals surface area contributed by atoms with Crippen molar-refractivity contribution in [1.29, 1.82) is 0 Å². The third-order valence-corrected chi connectivity index (χ3v) is 4.37. The lowest BCUT2D eigenvalue weighted by molar-refractivity contribution is 0.891. The molecule has 0 aliphatic heterocycles. The number of hydrogen-bond acceptors (Lipinski definition) is 4. The molecule has 2 aromatic heterocycles. The summed E-state index contributed by atoms with van der Waals surface area (Å²) in [6.07, 6.45) is 0.